The second kappa shape index (κ2) is 7.81. The van der Waals surface area contributed by atoms with Crippen molar-refractivity contribution >= 4 is 18.0 Å². The van der Waals surface area contributed by atoms with Crippen LogP contribution in [0.3, 0.4) is 0 Å². The van der Waals surface area contributed by atoms with E-state index in [1.807, 2.05) is 12.4 Å². The lowest BCUT2D eigenvalue weighted by Gasteiger charge is -2.27. The van der Waals surface area contributed by atoms with Crippen molar-refractivity contribution in [1.29, 1.82) is 0 Å². The van der Waals surface area contributed by atoms with E-state index in [0.717, 1.165) is 6.42 Å². The van der Waals surface area contributed by atoms with E-state index < -0.39 is 35.0 Å². The highest BCUT2D eigenvalue weighted by Crippen LogP contribution is 2.05. The summed E-state index contributed by atoms with van der Waals surface area (Å²) < 4.78 is -0.532. The Kier molecular flexibility index (Phi) is 7.16. The van der Waals surface area contributed by atoms with E-state index in [4.69, 9.17) is 4.84 Å². The Labute approximate surface area is 118 Å². The highest BCUT2D eigenvalue weighted by atomic mass is 16.7. The van der Waals surface area contributed by atoms with Crippen molar-refractivity contribution in [2.45, 2.75) is 25.8 Å². The molecule has 1 unspecified atom stereocenters. The third kappa shape index (κ3) is 5.98. The Morgan fingerprint density at radius 3 is 2.25 bits per heavy atom. The summed E-state index contributed by atoms with van der Waals surface area (Å²) in [5, 5.41) is 10.5. The molecule has 20 heavy (non-hydrogen) atoms. The molecule has 0 bridgehead atoms. The van der Waals surface area contributed by atoms with E-state index in [9.17, 15) is 19.5 Å². The van der Waals surface area contributed by atoms with Gasteiger partial charge < -0.3 is 14.7 Å². The van der Waals surface area contributed by atoms with E-state index in [-0.39, 0.29) is 0 Å². The first-order valence-electron chi connectivity index (χ1n) is 6.32. The topological polar surface area (TPSA) is 98.8 Å². The predicted molar refractivity (Wildman–Crippen MR) is 69.0 cm³/mol. The maximum absolute atomic E-state index is 11.8. The molecule has 0 aliphatic carbocycles. The van der Waals surface area contributed by atoms with E-state index in [2.05, 4.69) is 0 Å². The van der Waals surface area contributed by atoms with Crippen LogP contribution in [0.5, 0.6) is 0 Å². The molecule has 0 rings (SSSR count). The van der Waals surface area contributed by atoms with Gasteiger partial charge in [0.25, 0.3) is 0 Å². The van der Waals surface area contributed by atoms with E-state index >= 15 is 0 Å². The Hall–Kier alpha value is -1.67. The standard InChI is InChI=1S/C12H23N3O5/c1-6-7-9(14(2)3)11(18)20-13-12(19)15(4,5)8-10(16)17/h9H,6-8H2,1-5H3,(H-,13,16,17,19). The molecule has 1 atom stereocenters. The van der Waals surface area contributed by atoms with Gasteiger partial charge in [0.2, 0.25) is 0 Å². The minimum Gasteiger partial charge on any atom is -0.544 e. The molecule has 2 amide bonds. The monoisotopic (exact) mass is 289 g/mol. The van der Waals surface area contributed by atoms with Gasteiger partial charge in [-0.3, -0.25) is 4.90 Å². The first-order chi connectivity index (χ1) is 9.11. The summed E-state index contributed by atoms with van der Waals surface area (Å²) in [4.78, 5) is 40.5. The molecule has 116 valence electrons. The number of nitrogens with zero attached hydrogens (tertiary/aromatic N) is 2. The molecule has 0 radical (unpaired) electrons. The molecule has 0 aromatic carbocycles. The van der Waals surface area contributed by atoms with E-state index in [1.54, 1.807) is 19.0 Å². The second-order valence-electron chi connectivity index (χ2n) is 5.31. The van der Waals surface area contributed by atoms with Gasteiger partial charge in [-0.2, -0.15) is 0 Å². The molecular formula is C12H23N3O5. The third-order valence-corrected chi connectivity index (χ3v) is 2.77. The number of aliphatic carboxylic acids is 1. The molecular weight excluding hydrogens is 266 g/mol. The largest absolute Gasteiger partial charge is 0.544 e. The summed E-state index contributed by atoms with van der Waals surface area (Å²) in [7, 11) is 6.21. The Morgan fingerprint density at radius 1 is 1.30 bits per heavy atom. The van der Waals surface area contributed by atoms with E-state index in [0.29, 0.717) is 6.42 Å². The number of rotatable bonds is 6. The van der Waals surface area contributed by atoms with Gasteiger partial charge in [0, 0.05) is 0 Å². The van der Waals surface area contributed by atoms with Crippen molar-refractivity contribution in [3.8, 4) is 0 Å². The fraction of sp³-hybridized carbons (Fsp3) is 0.750. The normalized spacial score (nSPS) is 12.9. The number of amides is 2. The van der Waals surface area contributed by atoms with Crippen molar-refractivity contribution in [1.82, 2.24) is 10.4 Å². The number of likely N-dealkylation sites (N-methyl/N-ethyl adjacent to an activating group) is 2. The summed E-state index contributed by atoms with van der Waals surface area (Å²) in [5.41, 5.74) is 1.99. The molecule has 0 aromatic heterocycles. The fourth-order valence-electron chi connectivity index (χ4n) is 1.54. The number of urea groups is 1. The van der Waals surface area contributed by atoms with Crippen LogP contribution >= 0.6 is 0 Å². The smallest absolute Gasteiger partial charge is 0.449 e. The van der Waals surface area contributed by atoms with Crippen LogP contribution in [-0.4, -0.2) is 68.1 Å². The van der Waals surface area contributed by atoms with Gasteiger partial charge in [-0.1, -0.05) is 13.3 Å². The van der Waals surface area contributed by atoms with Crippen molar-refractivity contribution in [3.05, 3.63) is 0 Å². The minimum absolute atomic E-state index is 0.461. The number of carbonyl (C=O) groups excluding carboxylic acids is 3. The van der Waals surface area contributed by atoms with Gasteiger partial charge in [-0.25, -0.2) is 14.1 Å². The Morgan fingerprint density at radius 2 is 1.85 bits per heavy atom. The van der Waals surface area contributed by atoms with Crippen molar-refractivity contribution in [2.75, 3.05) is 34.7 Å². The molecule has 0 heterocycles. The predicted octanol–water partition coefficient (Wildman–Crippen LogP) is -1.29. The minimum atomic E-state index is -1.37. The Balaban J connectivity index is 4.49. The van der Waals surface area contributed by atoms with Crippen molar-refractivity contribution in [2.24, 2.45) is 0 Å². The van der Waals surface area contributed by atoms with Crippen LogP contribution in [0.25, 0.3) is 0 Å². The maximum atomic E-state index is 11.8. The Bertz CT molecular complexity index is 368. The summed E-state index contributed by atoms with van der Waals surface area (Å²) in [6.45, 7) is 1.41. The number of hydroxylamine groups is 1. The van der Waals surface area contributed by atoms with Gasteiger partial charge in [0.1, 0.15) is 12.6 Å². The maximum Gasteiger partial charge on any atom is 0.449 e. The van der Waals surface area contributed by atoms with E-state index in [1.165, 1.54) is 14.1 Å². The summed E-state index contributed by atoms with van der Waals surface area (Å²) in [6.07, 6.45) is 1.39. The van der Waals surface area contributed by atoms with Gasteiger partial charge in [-0.05, 0) is 20.5 Å². The zero-order valence-corrected chi connectivity index (χ0v) is 12.6. The van der Waals surface area contributed by atoms with Crippen LogP contribution in [0.4, 0.5) is 4.79 Å². The molecule has 8 heteroatoms. The lowest BCUT2D eigenvalue weighted by Crippen LogP contribution is -2.57. The number of carboxylic acid groups (broad SMARTS) is 1. The molecule has 0 saturated heterocycles. The highest BCUT2D eigenvalue weighted by Gasteiger charge is 2.29. The summed E-state index contributed by atoms with van der Waals surface area (Å²) in [5.74, 6) is -1.95. The molecule has 0 aromatic rings. The zero-order chi connectivity index (χ0) is 15.9. The number of quaternary nitrogens is 1. The van der Waals surface area contributed by atoms with Crippen molar-refractivity contribution in [3.63, 3.8) is 0 Å². The van der Waals surface area contributed by atoms with Crippen LogP contribution in [0.2, 0.25) is 0 Å². The molecule has 8 nitrogen and oxygen atoms in total. The molecule has 0 aliphatic heterocycles. The molecule has 0 fully saturated rings. The van der Waals surface area contributed by atoms with Crippen molar-refractivity contribution < 1.29 is 28.8 Å². The third-order valence-electron chi connectivity index (χ3n) is 2.77. The summed E-state index contributed by atoms with van der Waals surface area (Å²) in [6, 6.07) is -1.20. The number of hydrogen-bond acceptors (Lipinski definition) is 6. The van der Waals surface area contributed by atoms with Crippen LogP contribution in [0, 0.1) is 0 Å². The quantitative estimate of drug-likeness (QED) is 0.482. The van der Waals surface area contributed by atoms with Gasteiger partial charge >= 0.3 is 12.0 Å². The first kappa shape index (κ1) is 18.3. The fourth-order valence-corrected chi connectivity index (χ4v) is 1.54. The average Bonchev–Trinajstić information content (AvgIpc) is 2.30. The number of hydrogen-bond donors (Lipinski definition) is 1. The van der Waals surface area contributed by atoms with Gasteiger partial charge in [0.05, 0.1) is 20.1 Å². The van der Waals surface area contributed by atoms with Crippen LogP contribution < -0.4 is 10.6 Å². The molecule has 1 N–H and O–H groups in total. The van der Waals surface area contributed by atoms with Crippen LogP contribution in [-0.2, 0) is 14.4 Å². The lowest BCUT2D eigenvalue weighted by molar-refractivity contribution is -0.805. The average molecular weight is 289 g/mol. The second-order valence-corrected chi connectivity index (χ2v) is 5.31. The molecule has 0 saturated carbocycles. The van der Waals surface area contributed by atoms with Gasteiger partial charge in [-0.15, -0.1) is 5.48 Å². The summed E-state index contributed by atoms with van der Waals surface area (Å²) >= 11 is 0. The van der Waals surface area contributed by atoms with Crippen LogP contribution in [0.1, 0.15) is 19.8 Å². The number of carbonyl (C=O) groups is 3. The SMILES string of the molecule is CCCC(C(=O)ONC(=O)[N+](C)(C)CC(=O)[O-])N(C)C. The van der Waals surface area contributed by atoms with Gasteiger partial charge in [0.15, 0.2) is 0 Å². The number of carboxylic acids is 1. The lowest BCUT2D eigenvalue weighted by atomic mass is 10.1. The van der Waals surface area contributed by atoms with Crippen LogP contribution in [0.15, 0.2) is 0 Å². The molecule has 0 spiro atoms. The molecule has 0 aliphatic rings. The first-order valence-corrected chi connectivity index (χ1v) is 6.32. The number of nitrogens with one attached hydrogen (secondary N) is 1. The highest BCUT2D eigenvalue weighted by molar-refractivity contribution is 5.78. The zero-order valence-electron chi connectivity index (χ0n) is 12.6.